The van der Waals surface area contributed by atoms with Crippen molar-refractivity contribution in [2.75, 3.05) is 56.2 Å². The lowest BCUT2D eigenvalue weighted by molar-refractivity contribution is -0.125. The Hall–Kier alpha value is -2.82. The SMILES string of the molecule is CCN(CC)c1ccc(S(=O)(=O)N2CCOCC2)cc1NC(=O)C1COc2ccccc2O1. The number of morpholine rings is 1. The number of anilines is 2. The Morgan fingerprint density at radius 2 is 1.79 bits per heavy atom. The predicted octanol–water partition coefficient (Wildman–Crippen LogP) is 2.33. The van der Waals surface area contributed by atoms with Gasteiger partial charge in [0.15, 0.2) is 11.5 Å². The Morgan fingerprint density at radius 1 is 1.09 bits per heavy atom. The summed E-state index contributed by atoms with van der Waals surface area (Å²) in [6, 6.07) is 12.0. The first-order valence-corrected chi connectivity index (χ1v) is 12.5. The zero-order valence-corrected chi connectivity index (χ0v) is 19.6. The molecule has 0 spiro atoms. The maximum absolute atomic E-state index is 13.2. The van der Waals surface area contributed by atoms with Crippen molar-refractivity contribution >= 4 is 27.3 Å². The number of para-hydroxylation sites is 2. The average molecular weight is 476 g/mol. The predicted molar refractivity (Wildman–Crippen MR) is 125 cm³/mol. The second-order valence-electron chi connectivity index (χ2n) is 7.72. The van der Waals surface area contributed by atoms with Gasteiger partial charge in [-0.05, 0) is 44.2 Å². The van der Waals surface area contributed by atoms with E-state index in [9.17, 15) is 13.2 Å². The van der Waals surface area contributed by atoms with Crippen LogP contribution in [0.2, 0.25) is 0 Å². The molecule has 0 saturated carbocycles. The zero-order chi connectivity index (χ0) is 23.4. The van der Waals surface area contributed by atoms with Crippen molar-refractivity contribution in [3.63, 3.8) is 0 Å². The number of carbonyl (C=O) groups excluding carboxylic acids is 1. The summed E-state index contributed by atoms with van der Waals surface area (Å²) < 4.78 is 44.5. The fourth-order valence-corrected chi connectivity index (χ4v) is 5.35. The molecule has 178 valence electrons. The van der Waals surface area contributed by atoms with Crippen molar-refractivity contribution in [3.05, 3.63) is 42.5 Å². The first-order valence-electron chi connectivity index (χ1n) is 11.1. The van der Waals surface area contributed by atoms with E-state index in [2.05, 4.69) is 5.32 Å². The number of hydrogen-bond donors (Lipinski definition) is 1. The summed E-state index contributed by atoms with van der Waals surface area (Å²) in [5, 5.41) is 2.88. The molecule has 33 heavy (non-hydrogen) atoms. The third kappa shape index (κ3) is 4.92. The van der Waals surface area contributed by atoms with Gasteiger partial charge in [-0.3, -0.25) is 4.79 Å². The van der Waals surface area contributed by atoms with E-state index in [-0.39, 0.29) is 11.5 Å². The minimum Gasteiger partial charge on any atom is -0.485 e. The lowest BCUT2D eigenvalue weighted by Crippen LogP contribution is -2.41. The fourth-order valence-electron chi connectivity index (χ4n) is 3.91. The molecule has 0 aromatic heterocycles. The van der Waals surface area contributed by atoms with Crippen molar-refractivity contribution in [3.8, 4) is 11.5 Å². The van der Waals surface area contributed by atoms with E-state index in [4.69, 9.17) is 14.2 Å². The molecule has 1 amide bonds. The highest BCUT2D eigenvalue weighted by atomic mass is 32.2. The van der Waals surface area contributed by atoms with E-state index in [0.717, 1.165) is 5.69 Å². The van der Waals surface area contributed by atoms with E-state index in [1.54, 1.807) is 30.3 Å². The van der Waals surface area contributed by atoms with Gasteiger partial charge in [0.1, 0.15) is 6.61 Å². The molecule has 2 aliphatic heterocycles. The summed E-state index contributed by atoms with van der Waals surface area (Å²) in [6.45, 7) is 6.79. The van der Waals surface area contributed by atoms with Crippen molar-refractivity contribution in [2.24, 2.45) is 0 Å². The van der Waals surface area contributed by atoms with Crippen LogP contribution in [0.4, 0.5) is 11.4 Å². The minimum absolute atomic E-state index is 0.0647. The van der Waals surface area contributed by atoms with Gasteiger partial charge < -0.3 is 24.4 Å². The Balaban J connectivity index is 1.62. The maximum atomic E-state index is 13.2. The molecular weight excluding hydrogens is 446 g/mol. The highest BCUT2D eigenvalue weighted by Crippen LogP contribution is 2.33. The number of nitrogens with one attached hydrogen (secondary N) is 1. The second-order valence-corrected chi connectivity index (χ2v) is 9.66. The first kappa shape index (κ1) is 23.3. The Kier molecular flexibility index (Phi) is 7.06. The molecule has 0 aliphatic carbocycles. The van der Waals surface area contributed by atoms with E-state index in [1.807, 2.05) is 24.8 Å². The number of ether oxygens (including phenoxy) is 3. The molecule has 1 fully saturated rings. The number of hydrogen-bond acceptors (Lipinski definition) is 7. The highest BCUT2D eigenvalue weighted by molar-refractivity contribution is 7.89. The maximum Gasteiger partial charge on any atom is 0.269 e. The monoisotopic (exact) mass is 475 g/mol. The van der Waals surface area contributed by atoms with Crippen LogP contribution in [0.25, 0.3) is 0 Å². The first-order chi connectivity index (χ1) is 15.9. The lowest BCUT2D eigenvalue weighted by Gasteiger charge is -2.29. The van der Waals surface area contributed by atoms with Crippen LogP contribution in [0.5, 0.6) is 11.5 Å². The minimum atomic E-state index is -3.71. The van der Waals surface area contributed by atoms with Gasteiger partial charge in [0, 0.05) is 26.2 Å². The molecule has 2 aromatic rings. The summed E-state index contributed by atoms with van der Waals surface area (Å²) in [4.78, 5) is 15.3. The van der Waals surface area contributed by atoms with Crippen LogP contribution >= 0.6 is 0 Å². The van der Waals surface area contributed by atoms with Crippen molar-refractivity contribution in [2.45, 2.75) is 24.8 Å². The van der Waals surface area contributed by atoms with Gasteiger partial charge in [-0.1, -0.05) is 12.1 Å². The third-order valence-electron chi connectivity index (χ3n) is 5.74. The number of carbonyl (C=O) groups is 1. The summed E-state index contributed by atoms with van der Waals surface area (Å²) in [6.07, 6.45) is -0.857. The van der Waals surface area contributed by atoms with Gasteiger partial charge in [0.05, 0.1) is 29.5 Å². The third-order valence-corrected chi connectivity index (χ3v) is 7.63. The molecule has 1 saturated heterocycles. The van der Waals surface area contributed by atoms with Gasteiger partial charge in [0.25, 0.3) is 5.91 Å². The average Bonchev–Trinajstić information content (AvgIpc) is 2.85. The molecule has 10 heteroatoms. The molecule has 1 N–H and O–H groups in total. The van der Waals surface area contributed by atoms with E-state index in [1.165, 1.54) is 10.4 Å². The molecule has 0 bridgehead atoms. The molecule has 1 unspecified atom stereocenters. The van der Waals surface area contributed by atoms with Crippen LogP contribution in [-0.4, -0.2) is 70.7 Å². The number of benzene rings is 2. The standard InChI is InChI=1S/C23H29N3O6S/c1-3-25(4-2)19-10-9-17(33(28,29)26-11-13-30-14-12-26)15-18(19)24-23(27)22-16-31-20-7-5-6-8-21(20)32-22/h5-10,15,22H,3-4,11-14,16H2,1-2H3,(H,24,27). The molecule has 2 aromatic carbocycles. The lowest BCUT2D eigenvalue weighted by atomic mass is 10.2. The van der Waals surface area contributed by atoms with Gasteiger partial charge in [-0.2, -0.15) is 4.31 Å². The van der Waals surface area contributed by atoms with Crippen LogP contribution in [0.1, 0.15) is 13.8 Å². The van der Waals surface area contributed by atoms with Gasteiger partial charge >= 0.3 is 0 Å². The van der Waals surface area contributed by atoms with E-state index in [0.29, 0.717) is 56.6 Å². The van der Waals surface area contributed by atoms with Crippen LogP contribution in [0.15, 0.2) is 47.4 Å². The fraction of sp³-hybridized carbons (Fsp3) is 0.435. The van der Waals surface area contributed by atoms with Crippen LogP contribution in [0, 0.1) is 0 Å². The molecule has 4 rings (SSSR count). The normalized spacial score (nSPS) is 18.5. The number of fused-ring (bicyclic) bond motifs is 1. The molecule has 9 nitrogen and oxygen atoms in total. The van der Waals surface area contributed by atoms with E-state index >= 15 is 0 Å². The van der Waals surface area contributed by atoms with Gasteiger partial charge in [-0.15, -0.1) is 0 Å². The van der Waals surface area contributed by atoms with Crippen LogP contribution < -0.4 is 19.7 Å². The molecular formula is C23H29N3O6S. The Morgan fingerprint density at radius 3 is 2.48 bits per heavy atom. The van der Waals surface area contributed by atoms with Crippen LogP contribution in [-0.2, 0) is 19.6 Å². The number of rotatable bonds is 7. The quantitative estimate of drug-likeness (QED) is 0.656. The second kappa shape index (κ2) is 9.98. The smallest absolute Gasteiger partial charge is 0.269 e. The van der Waals surface area contributed by atoms with Gasteiger partial charge in [0.2, 0.25) is 16.1 Å². The Bertz CT molecular complexity index is 1100. The number of amides is 1. The Labute approximate surface area is 194 Å². The number of sulfonamides is 1. The van der Waals surface area contributed by atoms with Crippen molar-refractivity contribution < 1.29 is 27.4 Å². The zero-order valence-electron chi connectivity index (χ0n) is 18.8. The summed E-state index contributed by atoms with van der Waals surface area (Å²) in [5.41, 5.74) is 1.16. The summed E-state index contributed by atoms with van der Waals surface area (Å²) in [5.74, 6) is 0.680. The van der Waals surface area contributed by atoms with Gasteiger partial charge in [-0.25, -0.2) is 8.42 Å². The molecule has 1 atom stereocenters. The number of nitrogens with zero attached hydrogens (tertiary/aromatic N) is 2. The molecule has 2 heterocycles. The highest BCUT2D eigenvalue weighted by Gasteiger charge is 2.30. The van der Waals surface area contributed by atoms with E-state index < -0.39 is 22.0 Å². The van der Waals surface area contributed by atoms with Crippen molar-refractivity contribution in [1.82, 2.24) is 4.31 Å². The summed E-state index contributed by atoms with van der Waals surface area (Å²) in [7, 11) is -3.71. The largest absolute Gasteiger partial charge is 0.485 e. The van der Waals surface area contributed by atoms with Crippen LogP contribution in [0.3, 0.4) is 0 Å². The molecule has 2 aliphatic rings. The molecule has 0 radical (unpaired) electrons. The summed E-state index contributed by atoms with van der Waals surface area (Å²) >= 11 is 0. The topological polar surface area (TPSA) is 97.4 Å². The van der Waals surface area contributed by atoms with Crippen molar-refractivity contribution in [1.29, 1.82) is 0 Å².